The third kappa shape index (κ3) is 3.72. The number of aryl methyl sites for hydroxylation is 1. The van der Waals surface area contributed by atoms with Crippen molar-refractivity contribution in [3.05, 3.63) is 83.7 Å². The first-order chi connectivity index (χ1) is 10.3. The number of aromatic nitrogens is 2. The fourth-order valence-electron chi connectivity index (χ4n) is 2.24. The van der Waals surface area contributed by atoms with Crippen molar-refractivity contribution < 1.29 is 4.74 Å². The van der Waals surface area contributed by atoms with Gasteiger partial charge in [0.25, 0.3) is 0 Å². The van der Waals surface area contributed by atoms with Gasteiger partial charge in [-0.05, 0) is 18.1 Å². The van der Waals surface area contributed by atoms with Gasteiger partial charge in [-0.3, -0.25) is 4.68 Å². The Balaban J connectivity index is 1.60. The Labute approximate surface area is 124 Å². The molecule has 0 aliphatic rings. The van der Waals surface area contributed by atoms with Crippen molar-refractivity contribution >= 4 is 0 Å². The van der Waals surface area contributed by atoms with Gasteiger partial charge in [0.2, 0.25) is 0 Å². The molecule has 1 heterocycles. The zero-order valence-electron chi connectivity index (χ0n) is 12.1. The number of hydrogen-bond donors (Lipinski definition) is 0. The lowest BCUT2D eigenvalue weighted by atomic mass is 10.1. The Morgan fingerprint density at radius 1 is 1.00 bits per heavy atom. The van der Waals surface area contributed by atoms with Crippen molar-refractivity contribution in [3.63, 3.8) is 0 Å². The highest BCUT2D eigenvalue weighted by molar-refractivity contribution is 5.23. The van der Waals surface area contributed by atoms with Crippen LogP contribution in [0.25, 0.3) is 0 Å². The third-order valence-corrected chi connectivity index (χ3v) is 3.28. The molecule has 0 amide bonds. The van der Waals surface area contributed by atoms with Crippen LogP contribution in [-0.2, 0) is 13.2 Å². The summed E-state index contributed by atoms with van der Waals surface area (Å²) in [5.74, 6) is 0.799. The van der Waals surface area contributed by atoms with E-state index in [9.17, 15) is 0 Å². The average molecular weight is 278 g/mol. The minimum atomic E-state index is 0.568. The standard InChI is InChI=1S/C18H18N2O/c1-15-6-5-9-17(10-15)14-21-18-11-19-20(13-18)12-16-7-3-2-4-8-16/h2-11,13H,12,14H2,1H3. The molecule has 21 heavy (non-hydrogen) atoms. The topological polar surface area (TPSA) is 27.1 Å². The molecule has 0 unspecified atom stereocenters. The van der Waals surface area contributed by atoms with Gasteiger partial charge < -0.3 is 4.74 Å². The Bertz CT molecular complexity index is 704. The first-order valence-electron chi connectivity index (χ1n) is 7.04. The van der Waals surface area contributed by atoms with Crippen LogP contribution >= 0.6 is 0 Å². The summed E-state index contributed by atoms with van der Waals surface area (Å²) in [6.45, 7) is 3.41. The minimum absolute atomic E-state index is 0.568. The summed E-state index contributed by atoms with van der Waals surface area (Å²) in [6, 6.07) is 18.6. The molecule has 106 valence electrons. The summed E-state index contributed by atoms with van der Waals surface area (Å²) in [4.78, 5) is 0. The zero-order valence-corrected chi connectivity index (χ0v) is 12.1. The smallest absolute Gasteiger partial charge is 0.157 e. The van der Waals surface area contributed by atoms with Crippen molar-refractivity contribution in [2.45, 2.75) is 20.1 Å². The average Bonchev–Trinajstić information content (AvgIpc) is 2.94. The molecule has 3 nitrogen and oxygen atoms in total. The van der Waals surface area contributed by atoms with E-state index < -0.39 is 0 Å². The Hall–Kier alpha value is -2.55. The number of hydrogen-bond acceptors (Lipinski definition) is 2. The maximum absolute atomic E-state index is 5.78. The molecule has 1 aromatic heterocycles. The van der Waals surface area contributed by atoms with Crippen molar-refractivity contribution in [3.8, 4) is 5.75 Å². The van der Waals surface area contributed by atoms with E-state index in [1.54, 1.807) is 6.20 Å². The molecule has 0 N–H and O–H groups in total. The SMILES string of the molecule is Cc1cccc(COc2cnn(Cc3ccccc3)c2)c1. The van der Waals surface area contributed by atoms with Gasteiger partial charge in [0.15, 0.2) is 5.75 Å². The molecule has 0 saturated heterocycles. The summed E-state index contributed by atoms with van der Waals surface area (Å²) in [7, 11) is 0. The van der Waals surface area contributed by atoms with E-state index in [1.807, 2.05) is 35.1 Å². The van der Waals surface area contributed by atoms with E-state index in [0.717, 1.165) is 12.3 Å². The second kappa shape index (κ2) is 6.27. The highest BCUT2D eigenvalue weighted by Crippen LogP contribution is 2.13. The summed E-state index contributed by atoms with van der Waals surface area (Å²) in [5.41, 5.74) is 3.65. The third-order valence-electron chi connectivity index (χ3n) is 3.28. The minimum Gasteiger partial charge on any atom is -0.486 e. The summed E-state index contributed by atoms with van der Waals surface area (Å²) in [5, 5.41) is 4.33. The Kier molecular flexibility index (Phi) is 4.01. The van der Waals surface area contributed by atoms with E-state index in [1.165, 1.54) is 16.7 Å². The maximum atomic E-state index is 5.78. The molecular formula is C18H18N2O. The fraction of sp³-hybridized carbons (Fsp3) is 0.167. The lowest BCUT2D eigenvalue weighted by Crippen LogP contribution is -1.99. The van der Waals surface area contributed by atoms with Crippen LogP contribution in [0.2, 0.25) is 0 Å². The van der Waals surface area contributed by atoms with Crippen LogP contribution in [0.4, 0.5) is 0 Å². The first-order valence-corrected chi connectivity index (χ1v) is 7.04. The predicted molar refractivity (Wildman–Crippen MR) is 83.3 cm³/mol. The molecule has 0 fully saturated rings. The van der Waals surface area contributed by atoms with E-state index in [4.69, 9.17) is 4.74 Å². The Morgan fingerprint density at radius 2 is 1.81 bits per heavy atom. The first kappa shape index (κ1) is 13.4. The van der Waals surface area contributed by atoms with E-state index in [0.29, 0.717) is 6.61 Å². The molecule has 3 aromatic rings. The number of ether oxygens (including phenoxy) is 1. The van der Waals surface area contributed by atoms with Crippen LogP contribution in [0.15, 0.2) is 67.0 Å². The summed E-state index contributed by atoms with van der Waals surface area (Å²) >= 11 is 0. The van der Waals surface area contributed by atoms with Gasteiger partial charge >= 0.3 is 0 Å². The van der Waals surface area contributed by atoms with E-state index >= 15 is 0 Å². The lowest BCUT2D eigenvalue weighted by Gasteiger charge is -2.04. The number of rotatable bonds is 5. The lowest BCUT2D eigenvalue weighted by molar-refractivity contribution is 0.306. The van der Waals surface area contributed by atoms with Crippen molar-refractivity contribution in [1.82, 2.24) is 9.78 Å². The number of benzene rings is 2. The van der Waals surface area contributed by atoms with Gasteiger partial charge in [0, 0.05) is 0 Å². The molecule has 0 spiro atoms. The van der Waals surface area contributed by atoms with Crippen molar-refractivity contribution in [2.24, 2.45) is 0 Å². The largest absolute Gasteiger partial charge is 0.486 e. The summed E-state index contributed by atoms with van der Waals surface area (Å²) < 4.78 is 7.67. The van der Waals surface area contributed by atoms with Gasteiger partial charge in [-0.1, -0.05) is 60.2 Å². The van der Waals surface area contributed by atoms with Crippen LogP contribution in [0, 0.1) is 6.92 Å². The van der Waals surface area contributed by atoms with Crippen LogP contribution in [0.5, 0.6) is 5.75 Å². The molecule has 0 aliphatic heterocycles. The van der Waals surface area contributed by atoms with E-state index in [-0.39, 0.29) is 0 Å². The van der Waals surface area contributed by atoms with E-state index in [2.05, 4.69) is 42.4 Å². The second-order valence-corrected chi connectivity index (χ2v) is 5.14. The molecule has 0 aliphatic carbocycles. The maximum Gasteiger partial charge on any atom is 0.157 e. The molecule has 0 bridgehead atoms. The van der Waals surface area contributed by atoms with Gasteiger partial charge in [-0.15, -0.1) is 0 Å². The molecule has 0 radical (unpaired) electrons. The quantitative estimate of drug-likeness (QED) is 0.709. The molecule has 3 heteroatoms. The number of nitrogens with zero attached hydrogens (tertiary/aromatic N) is 2. The Morgan fingerprint density at radius 3 is 2.62 bits per heavy atom. The highest BCUT2D eigenvalue weighted by Gasteiger charge is 2.01. The molecule has 0 atom stereocenters. The second-order valence-electron chi connectivity index (χ2n) is 5.14. The van der Waals surface area contributed by atoms with Gasteiger partial charge in [0.05, 0.1) is 18.9 Å². The molecule has 2 aromatic carbocycles. The zero-order chi connectivity index (χ0) is 14.5. The monoisotopic (exact) mass is 278 g/mol. The van der Waals surface area contributed by atoms with Gasteiger partial charge in [0.1, 0.15) is 6.61 Å². The van der Waals surface area contributed by atoms with Crippen LogP contribution < -0.4 is 4.74 Å². The van der Waals surface area contributed by atoms with Crippen LogP contribution in [0.1, 0.15) is 16.7 Å². The molecule has 0 saturated carbocycles. The van der Waals surface area contributed by atoms with Gasteiger partial charge in [-0.25, -0.2) is 0 Å². The van der Waals surface area contributed by atoms with Crippen molar-refractivity contribution in [1.29, 1.82) is 0 Å². The van der Waals surface area contributed by atoms with Crippen LogP contribution in [0.3, 0.4) is 0 Å². The molecular weight excluding hydrogens is 260 g/mol. The predicted octanol–water partition coefficient (Wildman–Crippen LogP) is 3.82. The van der Waals surface area contributed by atoms with Gasteiger partial charge in [-0.2, -0.15) is 5.10 Å². The fourth-order valence-corrected chi connectivity index (χ4v) is 2.24. The highest BCUT2D eigenvalue weighted by atomic mass is 16.5. The normalized spacial score (nSPS) is 10.5. The molecule has 3 rings (SSSR count). The van der Waals surface area contributed by atoms with Crippen LogP contribution in [-0.4, -0.2) is 9.78 Å². The summed E-state index contributed by atoms with van der Waals surface area (Å²) in [6.07, 6.45) is 3.70. The van der Waals surface area contributed by atoms with Crippen molar-refractivity contribution in [2.75, 3.05) is 0 Å².